The van der Waals surface area contributed by atoms with Gasteiger partial charge in [-0.1, -0.05) is 12.5 Å². The summed E-state index contributed by atoms with van der Waals surface area (Å²) in [5.41, 5.74) is 2.88. The van der Waals surface area contributed by atoms with Crippen molar-refractivity contribution in [1.82, 2.24) is 4.57 Å². The zero-order valence-electron chi connectivity index (χ0n) is 13.0. The van der Waals surface area contributed by atoms with E-state index in [9.17, 15) is 10.1 Å². The lowest BCUT2D eigenvalue weighted by Gasteiger charge is -2.18. The first-order valence-corrected chi connectivity index (χ1v) is 7.81. The number of aromatic nitrogens is 1. The van der Waals surface area contributed by atoms with E-state index in [0.29, 0.717) is 12.2 Å². The Morgan fingerprint density at radius 3 is 3.00 bits per heavy atom. The zero-order chi connectivity index (χ0) is 15.7. The van der Waals surface area contributed by atoms with E-state index in [4.69, 9.17) is 4.74 Å². The van der Waals surface area contributed by atoms with Crippen LogP contribution in [0.25, 0.3) is 10.9 Å². The standard InChI is InChI=1S/C18H20N2O2/c1-3-22-18(21)15-6-4-5-14(15)12-7-8-17-16(9-12)13(10-19)11-20(17)2/h7-9,11,14-15H,3-6H2,1-2H3/t14-,15-/m0/s1. The summed E-state index contributed by atoms with van der Waals surface area (Å²) in [6.07, 6.45) is 4.79. The highest BCUT2D eigenvalue weighted by atomic mass is 16.5. The van der Waals surface area contributed by atoms with Crippen LogP contribution in [0.2, 0.25) is 0 Å². The Kier molecular flexibility index (Phi) is 3.89. The third-order valence-electron chi connectivity index (χ3n) is 4.67. The zero-order valence-corrected chi connectivity index (χ0v) is 13.0. The number of benzene rings is 1. The third-order valence-corrected chi connectivity index (χ3v) is 4.67. The molecule has 0 aliphatic heterocycles. The number of nitrogens with zero attached hydrogens (tertiary/aromatic N) is 2. The highest BCUT2D eigenvalue weighted by Crippen LogP contribution is 2.41. The predicted octanol–water partition coefficient (Wildman–Crippen LogP) is 3.50. The number of carbonyl (C=O) groups is 1. The van der Waals surface area contributed by atoms with Crippen LogP contribution in [-0.2, 0) is 16.6 Å². The Bertz CT molecular complexity index is 754. The van der Waals surface area contributed by atoms with Crippen LogP contribution in [-0.4, -0.2) is 17.1 Å². The summed E-state index contributed by atoms with van der Waals surface area (Å²) in [7, 11) is 1.94. The lowest BCUT2D eigenvalue weighted by molar-refractivity contribution is -0.148. The molecule has 3 rings (SSSR count). The van der Waals surface area contributed by atoms with Gasteiger partial charge < -0.3 is 9.30 Å². The molecule has 0 saturated heterocycles. The second-order valence-corrected chi connectivity index (χ2v) is 5.94. The van der Waals surface area contributed by atoms with Gasteiger partial charge in [0.05, 0.1) is 18.1 Å². The number of aryl methyl sites for hydroxylation is 1. The number of ether oxygens (including phenoxy) is 1. The summed E-state index contributed by atoms with van der Waals surface area (Å²) < 4.78 is 7.19. The second-order valence-electron chi connectivity index (χ2n) is 5.94. The average molecular weight is 296 g/mol. The highest BCUT2D eigenvalue weighted by Gasteiger charge is 2.35. The molecule has 0 bridgehead atoms. The predicted molar refractivity (Wildman–Crippen MR) is 84.3 cm³/mol. The van der Waals surface area contributed by atoms with Crippen molar-refractivity contribution in [3.8, 4) is 6.07 Å². The van der Waals surface area contributed by atoms with Gasteiger partial charge in [-0.05, 0) is 43.4 Å². The Balaban J connectivity index is 1.99. The van der Waals surface area contributed by atoms with Crippen LogP contribution in [0.3, 0.4) is 0 Å². The van der Waals surface area contributed by atoms with Crippen molar-refractivity contribution < 1.29 is 9.53 Å². The van der Waals surface area contributed by atoms with Crippen molar-refractivity contribution in [2.45, 2.75) is 32.1 Å². The smallest absolute Gasteiger partial charge is 0.309 e. The first-order chi connectivity index (χ1) is 10.7. The molecule has 1 aromatic heterocycles. The van der Waals surface area contributed by atoms with Gasteiger partial charge in [0, 0.05) is 24.1 Å². The number of esters is 1. The Morgan fingerprint density at radius 2 is 2.27 bits per heavy atom. The molecule has 0 unspecified atom stereocenters. The molecule has 2 atom stereocenters. The molecule has 1 fully saturated rings. The largest absolute Gasteiger partial charge is 0.466 e. The van der Waals surface area contributed by atoms with Crippen LogP contribution in [0.5, 0.6) is 0 Å². The third kappa shape index (κ3) is 2.37. The SMILES string of the molecule is CCOC(=O)[C@H]1CCC[C@H]1c1ccc2c(c1)c(C#N)cn2C. The Hall–Kier alpha value is -2.28. The first kappa shape index (κ1) is 14.6. The van der Waals surface area contributed by atoms with E-state index in [0.717, 1.165) is 35.7 Å². The summed E-state index contributed by atoms with van der Waals surface area (Å²) in [4.78, 5) is 12.1. The van der Waals surface area contributed by atoms with Crippen LogP contribution in [0.15, 0.2) is 24.4 Å². The maximum atomic E-state index is 12.1. The first-order valence-electron chi connectivity index (χ1n) is 7.81. The molecule has 4 nitrogen and oxygen atoms in total. The molecule has 0 spiro atoms. The average Bonchev–Trinajstić information content (AvgIpc) is 3.12. The molecule has 22 heavy (non-hydrogen) atoms. The van der Waals surface area contributed by atoms with Crippen molar-refractivity contribution in [1.29, 1.82) is 5.26 Å². The number of hydrogen-bond donors (Lipinski definition) is 0. The van der Waals surface area contributed by atoms with Gasteiger partial charge in [-0.2, -0.15) is 5.26 Å². The van der Waals surface area contributed by atoms with E-state index in [2.05, 4.69) is 18.2 Å². The van der Waals surface area contributed by atoms with Crippen molar-refractivity contribution in [2.75, 3.05) is 6.61 Å². The van der Waals surface area contributed by atoms with E-state index in [1.54, 1.807) is 0 Å². The maximum Gasteiger partial charge on any atom is 0.309 e. The van der Waals surface area contributed by atoms with Gasteiger partial charge >= 0.3 is 5.97 Å². The fraction of sp³-hybridized carbons (Fsp3) is 0.444. The Morgan fingerprint density at radius 1 is 1.45 bits per heavy atom. The quantitative estimate of drug-likeness (QED) is 0.815. The molecule has 0 radical (unpaired) electrons. The van der Waals surface area contributed by atoms with Crippen LogP contribution < -0.4 is 0 Å². The van der Waals surface area contributed by atoms with Gasteiger partial charge in [0.25, 0.3) is 0 Å². The van der Waals surface area contributed by atoms with E-state index in [-0.39, 0.29) is 17.8 Å². The summed E-state index contributed by atoms with van der Waals surface area (Å²) in [5.74, 6) is 0.0699. The number of rotatable bonds is 3. The minimum Gasteiger partial charge on any atom is -0.466 e. The molecule has 1 saturated carbocycles. The lowest BCUT2D eigenvalue weighted by Crippen LogP contribution is -2.20. The van der Waals surface area contributed by atoms with Crippen LogP contribution in [0.4, 0.5) is 0 Å². The fourth-order valence-electron chi connectivity index (χ4n) is 3.62. The van der Waals surface area contributed by atoms with E-state index in [1.807, 2.05) is 30.8 Å². The van der Waals surface area contributed by atoms with Gasteiger partial charge in [-0.25, -0.2) is 0 Å². The van der Waals surface area contributed by atoms with Gasteiger partial charge in [-0.15, -0.1) is 0 Å². The summed E-state index contributed by atoms with van der Waals surface area (Å²) >= 11 is 0. The van der Waals surface area contributed by atoms with Crippen molar-refractivity contribution >= 4 is 16.9 Å². The number of hydrogen-bond acceptors (Lipinski definition) is 3. The molecule has 1 aliphatic carbocycles. The molecular weight excluding hydrogens is 276 g/mol. The van der Waals surface area contributed by atoms with E-state index < -0.39 is 0 Å². The number of carbonyl (C=O) groups excluding carboxylic acids is 1. The molecule has 1 aromatic carbocycles. The van der Waals surface area contributed by atoms with Gasteiger partial charge in [0.15, 0.2) is 0 Å². The maximum absolute atomic E-state index is 12.1. The minimum atomic E-state index is -0.0846. The monoisotopic (exact) mass is 296 g/mol. The Labute approximate surface area is 130 Å². The minimum absolute atomic E-state index is 0.0494. The molecule has 0 amide bonds. The molecule has 0 N–H and O–H groups in total. The van der Waals surface area contributed by atoms with E-state index in [1.165, 1.54) is 0 Å². The molecular formula is C18H20N2O2. The molecule has 2 aromatic rings. The molecule has 1 heterocycles. The highest BCUT2D eigenvalue weighted by molar-refractivity contribution is 5.87. The molecule has 1 aliphatic rings. The van der Waals surface area contributed by atoms with Gasteiger partial charge in [0.2, 0.25) is 0 Å². The number of nitriles is 1. The van der Waals surface area contributed by atoms with Crippen molar-refractivity contribution in [2.24, 2.45) is 13.0 Å². The second kappa shape index (κ2) is 5.84. The summed E-state index contributed by atoms with van der Waals surface area (Å²) in [6.45, 7) is 2.27. The topological polar surface area (TPSA) is 55.0 Å². The van der Waals surface area contributed by atoms with Crippen molar-refractivity contribution in [3.63, 3.8) is 0 Å². The molecule has 114 valence electrons. The lowest BCUT2D eigenvalue weighted by atomic mass is 9.88. The van der Waals surface area contributed by atoms with Crippen LogP contribution in [0, 0.1) is 17.2 Å². The fourth-order valence-corrected chi connectivity index (χ4v) is 3.62. The van der Waals surface area contributed by atoms with Crippen molar-refractivity contribution in [3.05, 3.63) is 35.5 Å². The normalized spacial score (nSPS) is 21.0. The molecule has 4 heteroatoms. The van der Waals surface area contributed by atoms with E-state index >= 15 is 0 Å². The summed E-state index contributed by atoms with van der Waals surface area (Å²) in [5, 5.41) is 10.2. The summed E-state index contributed by atoms with van der Waals surface area (Å²) in [6, 6.07) is 8.47. The van der Waals surface area contributed by atoms with Gasteiger partial charge in [-0.3, -0.25) is 4.79 Å². The number of fused-ring (bicyclic) bond motifs is 1. The van der Waals surface area contributed by atoms with Crippen LogP contribution in [0.1, 0.15) is 43.2 Å². The van der Waals surface area contributed by atoms with Crippen LogP contribution >= 0.6 is 0 Å². The van der Waals surface area contributed by atoms with Gasteiger partial charge in [0.1, 0.15) is 6.07 Å².